The molecule has 0 saturated carbocycles. The summed E-state index contributed by atoms with van der Waals surface area (Å²) in [7, 11) is 1.67. The Morgan fingerprint density at radius 2 is 1.78 bits per heavy atom. The lowest BCUT2D eigenvalue weighted by Gasteiger charge is -2.09. The first-order valence-corrected chi connectivity index (χ1v) is 7.74. The van der Waals surface area contributed by atoms with E-state index in [1.807, 2.05) is 30.3 Å². The van der Waals surface area contributed by atoms with E-state index >= 15 is 0 Å². The molecular formula is C19H22N2O2. The van der Waals surface area contributed by atoms with Gasteiger partial charge in [-0.2, -0.15) is 5.26 Å². The van der Waals surface area contributed by atoms with Gasteiger partial charge in [-0.05, 0) is 41.8 Å². The molecule has 0 aliphatic rings. The highest BCUT2D eigenvalue weighted by molar-refractivity contribution is 5.29. The van der Waals surface area contributed by atoms with Crippen molar-refractivity contribution in [2.24, 2.45) is 0 Å². The summed E-state index contributed by atoms with van der Waals surface area (Å²) >= 11 is 0. The van der Waals surface area contributed by atoms with Gasteiger partial charge in [0.2, 0.25) is 0 Å². The summed E-state index contributed by atoms with van der Waals surface area (Å²) in [4.78, 5) is 0. The second kappa shape index (κ2) is 9.50. The largest absolute Gasteiger partial charge is 0.497 e. The number of nitrogens with zero attached hydrogens (tertiary/aromatic N) is 1. The van der Waals surface area contributed by atoms with Crippen molar-refractivity contribution in [2.45, 2.75) is 25.9 Å². The van der Waals surface area contributed by atoms with Crippen LogP contribution in [-0.2, 0) is 13.1 Å². The molecule has 0 fully saturated rings. The van der Waals surface area contributed by atoms with Crippen LogP contribution in [-0.4, -0.2) is 13.7 Å². The first kappa shape index (κ1) is 16.9. The molecule has 0 radical (unpaired) electrons. The second-order valence-electron chi connectivity index (χ2n) is 5.21. The van der Waals surface area contributed by atoms with Crippen molar-refractivity contribution in [3.63, 3.8) is 0 Å². The molecule has 0 saturated heterocycles. The summed E-state index contributed by atoms with van der Waals surface area (Å²) in [6.07, 6.45) is 1.29. The van der Waals surface area contributed by atoms with Crippen molar-refractivity contribution in [2.75, 3.05) is 13.7 Å². The highest BCUT2D eigenvalue weighted by Gasteiger charge is 1.99. The lowest BCUT2D eigenvalue weighted by atomic mass is 10.2. The molecule has 0 spiro atoms. The van der Waals surface area contributed by atoms with Gasteiger partial charge in [-0.15, -0.1) is 0 Å². The molecule has 0 bridgehead atoms. The van der Waals surface area contributed by atoms with Crippen LogP contribution in [0.4, 0.5) is 0 Å². The molecule has 2 rings (SSSR count). The monoisotopic (exact) mass is 310 g/mol. The molecule has 4 nitrogen and oxygen atoms in total. The van der Waals surface area contributed by atoms with Crippen LogP contribution < -0.4 is 14.8 Å². The van der Waals surface area contributed by atoms with Crippen LogP contribution in [0, 0.1) is 11.3 Å². The zero-order valence-electron chi connectivity index (χ0n) is 13.4. The van der Waals surface area contributed by atoms with Crippen LogP contribution in [0.15, 0.2) is 48.5 Å². The molecule has 0 amide bonds. The van der Waals surface area contributed by atoms with E-state index in [0.717, 1.165) is 31.0 Å². The predicted octanol–water partition coefficient (Wildman–Crippen LogP) is 3.67. The Bertz CT molecular complexity index is 633. The number of benzene rings is 2. The van der Waals surface area contributed by atoms with Gasteiger partial charge in [0, 0.05) is 19.5 Å². The van der Waals surface area contributed by atoms with Crippen LogP contribution in [0.25, 0.3) is 0 Å². The van der Waals surface area contributed by atoms with Crippen molar-refractivity contribution in [3.8, 4) is 17.6 Å². The Kier molecular flexibility index (Phi) is 6.96. The zero-order chi connectivity index (χ0) is 16.3. The summed E-state index contributed by atoms with van der Waals surface area (Å²) < 4.78 is 10.8. The topological polar surface area (TPSA) is 54.3 Å². The summed E-state index contributed by atoms with van der Waals surface area (Å²) in [5.74, 6) is 1.72. The van der Waals surface area contributed by atoms with Crippen LogP contribution in [0.3, 0.4) is 0 Å². The fourth-order valence-corrected chi connectivity index (χ4v) is 2.18. The van der Waals surface area contributed by atoms with E-state index in [4.69, 9.17) is 14.7 Å². The Balaban J connectivity index is 1.77. The van der Waals surface area contributed by atoms with Crippen molar-refractivity contribution < 1.29 is 9.47 Å². The third kappa shape index (κ3) is 6.01. The molecule has 0 aliphatic carbocycles. The Morgan fingerprint density at radius 3 is 2.52 bits per heavy atom. The fourth-order valence-electron chi connectivity index (χ4n) is 2.18. The molecule has 1 N–H and O–H groups in total. The minimum Gasteiger partial charge on any atom is -0.497 e. The van der Waals surface area contributed by atoms with E-state index < -0.39 is 0 Å². The van der Waals surface area contributed by atoms with Gasteiger partial charge in [0.15, 0.2) is 0 Å². The summed E-state index contributed by atoms with van der Waals surface area (Å²) in [6.45, 7) is 2.16. The molecule has 0 unspecified atom stereocenters. The zero-order valence-corrected chi connectivity index (χ0v) is 13.4. The molecule has 0 atom stereocenters. The summed E-state index contributed by atoms with van der Waals surface area (Å²) in [5.41, 5.74) is 2.39. The van der Waals surface area contributed by atoms with E-state index in [-0.39, 0.29) is 0 Å². The molecule has 0 aliphatic heterocycles. The van der Waals surface area contributed by atoms with E-state index in [9.17, 15) is 0 Å². The highest BCUT2D eigenvalue weighted by atomic mass is 16.5. The van der Waals surface area contributed by atoms with E-state index in [2.05, 4.69) is 29.6 Å². The van der Waals surface area contributed by atoms with E-state index in [1.54, 1.807) is 7.11 Å². The molecule has 2 aromatic rings. The predicted molar refractivity (Wildman–Crippen MR) is 90.3 cm³/mol. The van der Waals surface area contributed by atoms with E-state index in [0.29, 0.717) is 13.0 Å². The van der Waals surface area contributed by atoms with Gasteiger partial charge in [0.25, 0.3) is 0 Å². The smallest absolute Gasteiger partial charge is 0.119 e. The maximum Gasteiger partial charge on any atom is 0.119 e. The molecular weight excluding hydrogens is 288 g/mol. The Hall–Kier alpha value is -2.51. The molecule has 2 aromatic carbocycles. The van der Waals surface area contributed by atoms with E-state index in [1.165, 1.54) is 11.1 Å². The molecule has 4 heteroatoms. The average molecular weight is 310 g/mol. The number of hydrogen-bond donors (Lipinski definition) is 1. The number of rotatable bonds is 9. The molecule has 120 valence electrons. The van der Waals surface area contributed by atoms with Gasteiger partial charge in [0.1, 0.15) is 11.5 Å². The number of methoxy groups -OCH3 is 1. The first-order chi connectivity index (χ1) is 11.3. The maximum atomic E-state index is 8.51. The van der Waals surface area contributed by atoms with Crippen LogP contribution in [0.2, 0.25) is 0 Å². The SMILES string of the molecule is COc1ccc(CNCc2cccc(OCCCC#N)c2)cc1. The normalized spacial score (nSPS) is 10.1. The maximum absolute atomic E-state index is 8.51. The summed E-state index contributed by atoms with van der Waals surface area (Å²) in [5, 5.41) is 11.9. The number of nitriles is 1. The van der Waals surface area contributed by atoms with Gasteiger partial charge in [-0.3, -0.25) is 0 Å². The highest BCUT2D eigenvalue weighted by Crippen LogP contribution is 2.14. The fraction of sp³-hybridized carbons (Fsp3) is 0.316. The van der Waals surface area contributed by atoms with Crippen molar-refractivity contribution in [1.82, 2.24) is 5.32 Å². The van der Waals surface area contributed by atoms with Gasteiger partial charge >= 0.3 is 0 Å². The van der Waals surface area contributed by atoms with Gasteiger partial charge < -0.3 is 14.8 Å². The number of hydrogen-bond acceptors (Lipinski definition) is 4. The Morgan fingerprint density at radius 1 is 1.00 bits per heavy atom. The third-order valence-electron chi connectivity index (χ3n) is 3.42. The minimum atomic E-state index is 0.531. The standard InChI is InChI=1S/C19H22N2O2/c1-22-18-9-7-16(8-10-18)14-21-15-17-5-4-6-19(13-17)23-12-3-2-11-20/h4-10,13,21H,2-3,12,14-15H2,1H3. The Labute approximate surface area is 137 Å². The van der Waals surface area contributed by atoms with Gasteiger partial charge in [0.05, 0.1) is 19.8 Å². The molecule has 0 aromatic heterocycles. The molecule has 23 heavy (non-hydrogen) atoms. The number of nitrogens with one attached hydrogen (secondary N) is 1. The van der Waals surface area contributed by atoms with Gasteiger partial charge in [-0.1, -0.05) is 24.3 Å². The van der Waals surface area contributed by atoms with Gasteiger partial charge in [-0.25, -0.2) is 0 Å². The second-order valence-corrected chi connectivity index (χ2v) is 5.21. The van der Waals surface area contributed by atoms with Crippen molar-refractivity contribution in [3.05, 3.63) is 59.7 Å². The van der Waals surface area contributed by atoms with Crippen LogP contribution >= 0.6 is 0 Å². The average Bonchev–Trinajstić information content (AvgIpc) is 2.60. The summed E-state index contributed by atoms with van der Waals surface area (Å²) in [6, 6.07) is 18.2. The number of ether oxygens (including phenoxy) is 2. The van der Waals surface area contributed by atoms with Crippen molar-refractivity contribution >= 4 is 0 Å². The van der Waals surface area contributed by atoms with Crippen LogP contribution in [0.1, 0.15) is 24.0 Å². The van der Waals surface area contributed by atoms with Crippen LogP contribution in [0.5, 0.6) is 11.5 Å². The number of unbranched alkanes of at least 4 members (excludes halogenated alkanes) is 1. The first-order valence-electron chi connectivity index (χ1n) is 7.74. The van der Waals surface area contributed by atoms with Crippen molar-refractivity contribution in [1.29, 1.82) is 5.26 Å². The molecule has 0 heterocycles. The lowest BCUT2D eigenvalue weighted by Crippen LogP contribution is -2.12. The quantitative estimate of drug-likeness (QED) is 0.718. The third-order valence-corrected chi connectivity index (χ3v) is 3.42. The lowest BCUT2D eigenvalue weighted by molar-refractivity contribution is 0.312. The minimum absolute atomic E-state index is 0.531.